The summed E-state index contributed by atoms with van der Waals surface area (Å²) in [5.74, 6) is 0.728. The smallest absolute Gasteiger partial charge is 0.240 e. The van der Waals surface area contributed by atoms with E-state index in [1.165, 1.54) is 0 Å². The number of hydrogen-bond acceptors (Lipinski definition) is 5. The van der Waals surface area contributed by atoms with Gasteiger partial charge in [-0.2, -0.15) is 0 Å². The molecule has 1 unspecified atom stereocenters. The van der Waals surface area contributed by atoms with Crippen LogP contribution in [0.5, 0.6) is 0 Å². The molecular weight excluding hydrogens is 264 g/mol. The number of guanidine groups is 1. The van der Waals surface area contributed by atoms with Crippen LogP contribution in [0.3, 0.4) is 0 Å². The van der Waals surface area contributed by atoms with Crippen LogP contribution in [0.15, 0.2) is 40.2 Å². The maximum Gasteiger partial charge on any atom is 0.240 e. The average molecular weight is 282 g/mol. The Balaban J connectivity index is 1.77. The molecule has 1 heterocycles. The van der Waals surface area contributed by atoms with Crippen molar-refractivity contribution in [2.24, 2.45) is 4.99 Å². The highest BCUT2D eigenvalue weighted by Crippen LogP contribution is 2.06. The van der Waals surface area contributed by atoms with Gasteiger partial charge >= 0.3 is 0 Å². The van der Waals surface area contributed by atoms with Crippen molar-refractivity contribution in [3.8, 4) is 0 Å². The van der Waals surface area contributed by atoms with E-state index in [4.69, 9.17) is 0 Å². The molecule has 1 aromatic rings. The highest BCUT2D eigenvalue weighted by molar-refractivity contribution is 7.89. The summed E-state index contributed by atoms with van der Waals surface area (Å²) in [5.41, 5.74) is 0. The van der Waals surface area contributed by atoms with Gasteiger partial charge in [0.05, 0.1) is 11.4 Å². The summed E-state index contributed by atoms with van der Waals surface area (Å²) in [7, 11) is -3.42. The first-order valence-corrected chi connectivity index (χ1v) is 7.66. The summed E-state index contributed by atoms with van der Waals surface area (Å²) in [6.07, 6.45) is 0. The fourth-order valence-corrected chi connectivity index (χ4v) is 2.76. The van der Waals surface area contributed by atoms with Gasteiger partial charge < -0.3 is 10.6 Å². The lowest BCUT2D eigenvalue weighted by atomic mass is 10.4. The number of rotatable bonds is 5. The van der Waals surface area contributed by atoms with Gasteiger partial charge in [0.2, 0.25) is 10.0 Å². The van der Waals surface area contributed by atoms with Gasteiger partial charge in [-0.3, -0.25) is 4.99 Å². The molecule has 1 aliphatic heterocycles. The van der Waals surface area contributed by atoms with Gasteiger partial charge in [0.25, 0.3) is 0 Å². The van der Waals surface area contributed by atoms with Crippen molar-refractivity contribution >= 4 is 16.0 Å². The topological polar surface area (TPSA) is 82.6 Å². The number of nitrogens with zero attached hydrogens (tertiary/aromatic N) is 1. The standard InChI is InChI=1S/C12H18N4O2S/c1-10-9-14-12(16-10)13-7-8-15-19(17,18)11-5-3-2-4-6-11/h2-6,10,15H,7-9H2,1H3,(H2,13,14,16). The van der Waals surface area contributed by atoms with Gasteiger partial charge in [0.15, 0.2) is 5.96 Å². The molecule has 104 valence electrons. The van der Waals surface area contributed by atoms with Crippen LogP contribution in [-0.2, 0) is 10.0 Å². The molecule has 0 amide bonds. The molecule has 0 saturated heterocycles. The largest absolute Gasteiger partial charge is 0.355 e. The van der Waals surface area contributed by atoms with Gasteiger partial charge in [-0.15, -0.1) is 0 Å². The fourth-order valence-electron chi connectivity index (χ4n) is 1.71. The van der Waals surface area contributed by atoms with Crippen molar-refractivity contribution in [3.05, 3.63) is 30.3 Å². The van der Waals surface area contributed by atoms with E-state index >= 15 is 0 Å². The predicted octanol–water partition coefficient (Wildman–Crippen LogP) is -0.0978. The Kier molecular flexibility index (Phi) is 4.39. The second kappa shape index (κ2) is 6.03. The van der Waals surface area contributed by atoms with E-state index in [9.17, 15) is 8.42 Å². The summed E-state index contributed by atoms with van der Waals surface area (Å²) >= 11 is 0. The summed E-state index contributed by atoms with van der Waals surface area (Å²) in [4.78, 5) is 4.50. The molecule has 1 aromatic carbocycles. The fraction of sp³-hybridized carbons (Fsp3) is 0.417. The molecule has 0 aromatic heterocycles. The number of sulfonamides is 1. The second-order valence-corrected chi connectivity index (χ2v) is 6.14. The summed E-state index contributed by atoms with van der Waals surface area (Å²) in [5, 5.41) is 6.19. The third-order valence-corrected chi connectivity index (χ3v) is 4.15. The van der Waals surface area contributed by atoms with E-state index in [2.05, 4.69) is 20.3 Å². The Labute approximate surface area is 113 Å². The predicted molar refractivity (Wildman–Crippen MR) is 74.5 cm³/mol. The van der Waals surface area contributed by atoms with E-state index < -0.39 is 10.0 Å². The van der Waals surface area contributed by atoms with Crippen LogP contribution in [0.2, 0.25) is 0 Å². The first-order chi connectivity index (χ1) is 9.08. The maximum atomic E-state index is 11.9. The molecule has 2 rings (SSSR count). The Morgan fingerprint density at radius 1 is 1.32 bits per heavy atom. The summed E-state index contributed by atoms with van der Waals surface area (Å²) in [6.45, 7) is 3.59. The van der Waals surface area contributed by atoms with Crippen molar-refractivity contribution < 1.29 is 8.42 Å². The minimum atomic E-state index is -3.42. The maximum absolute atomic E-state index is 11.9. The van der Waals surface area contributed by atoms with Crippen LogP contribution in [0.25, 0.3) is 0 Å². The summed E-state index contributed by atoms with van der Waals surface area (Å²) in [6, 6.07) is 8.66. The minimum Gasteiger partial charge on any atom is -0.355 e. The van der Waals surface area contributed by atoms with E-state index in [0.29, 0.717) is 19.1 Å². The monoisotopic (exact) mass is 282 g/mol. The number of aliphatic imine (C=N–C) groups is 1. The van der Waals surface area contributed by atoms with E-state index in [1.54, 1.807) is 30.3 Å². The quantitative estimate of drug-likeness (QED) is 0.659. The van der Waals surface area contributed by atoms with Crippen LogP contribution < -0.4 is 15.4 Å². The molecule has 0 aliphatic carbocycles. The Hall–Kier alpha value is -1.60. The molecule has 0 radical (unpaired) electrons. The molecule has 6 nitrogen and oxygen atoms in total. The number of hydrogen-bond donors (Lipinski definition) is 3. The van der Waals surface area contributed by atoms with Crippen LogP contribution >= 0.6 is 0 Å². The molecule has 0 bridgehead atoms. The van der Waals surface area contributed by atoms with Gasteiger partial charge in [0.1, 0.15) is 0 Å². The van der Waals surface area contributed by atoms with Crippen LogP contribution in [0.1, 0.15) is 6.92 Å². The first-order valence-electron chi connectivity index (χ1n) is 6.17. The zero-order valence-electron chi connectivity index (χ0n) is 10.8. The third kappa shape index (κ3) is 3.93. The molecule has 1 atom stereocenters. The van der Waals surface area contributed by atoms with Gasteiger partial charge in [-0.25, -0.2) is 13.1 Å². The van der Waals surface area contributed by atoms with E-state index in [0.717, 1.165) is 12.5 Å². The second-order valence-electron chi connectivity index (χ2n) is 4.37. The normalized spacial score (nSPS) is 18.8. The van der Waals surface area contributed by atoms with Gasteiger partial charge in [-0.1, -0.05) is 18.2 Å². The molecular formula is C12H18N4O2S. The average Bonchev–Trinajstić information content (AvgIpc) is 2.82. The molecule has 0 spiro atoms. The lowest BCUT2D eigenvalue weighted by Gasteiger charge is -2.10. The van der Waals surface area contributed by atoms with Crippen molar-refractivity contribution in [1.29, 1.82) is 0 Å². The third-order valence-electron chi connectivity index (χ3n) is 2.67. The Bertz CT molecular complexity index is 542. The van der Waals surface area contributed by atoms with Crippen molar-refractivity contribution in [2.75, 3.05) is 19.6 Å². The van der Waals surface area contributed by atoms with Crippen molar-refractivity contribution in [2.45, 2.75) is 17.9 Å². The Morgan fingerprint density at radius 2 is 2.05 bits per heavy atom. The van der Waals surface area contributed by atoms with E-state index in [-0.39, 0.29) is 4.90 Å². The molecule has 7 heteroatoms. The molecule has 19 heavy (non-hydrogen) atoms. The van der Waals surface area contributed by atoms with E-state index in [1.807, 2.05) is 6.92 Å². The molecule has 1 aliphatic rings. The zero-order valence-corrected chi connectivity index (χ0v) is 11.6. The molecule has 0 saturated carbocycles. The number of nitrogens with one attached hydrogen (secondary N) is 3. The van der Waals surface area contributed by atoms with Crippen LogP contribution in [0, 0.1) is 0 Å². The number of benzene rings is 1. The lowest BCUT2D eigenvalue weighted by molar-refractivity contribution is 0.580. The lowest BCUT2D eigenvalue weighted by Crippen LogP contribution is -2.41. The SMILES string of the molecule is CC1CN=C(NCCNS(=O)(=O)c2ccccc2)N1. The zero-order chi connectivity index (χ0) is 13.7. The highest BCUT2D eigenvalue weighted by Gasteiger charge is 2.13. The minimum absolute atomic E-state index is 0.278. The van der Waals surface area contributed by atoms with Crippen molar-refractivity contribution in [3.63, 3.8) is 0 Å². The highest BCUT2D eigenvalue weighted by atomic mass is 32.2. The van der Waals surface area contributed by atoms with Crippen LogP contribution in [-0.4, -0.2) is 40.1 Å². The van der Waals surface area contributed by atoms with Crippen LogP contribution in [0.4, 0.5) is 0 Å². The Morgan fingerprint density at radius 3 is 2.68 bits per heavy atom. The van der Waals surface area contributed by atoms with Gasteiger partial charge in [0, 0.05) is 19.1 Å². The summed E-state index contributed by atoms with van der Waals surface area (Å²) < 4.78 is 26.3. The molecule has 0 fully saturated rings. The van der Waals surface area contributed by atoms with Gasteiger partial charge in [-0.05, 0) is 19.1 Å². The first kappa shape index (κ1) is 13.8. The van der Waals surface area contributed by atoms with Crippen molar-refractivity contribution in [1.82, 2.24) is 15.4 Å². The molecule has 3 N–H and O–H groups in total.